The predicted molar refractivity (Wildman–Crippen MR) is 50.9 cm³/mol. The molecule has 3 nitrogen and oxygen atoms in total. The Labute approximate surface area is 79.9 Å². The lowest BCUT2D eigenvalue weighted by Gasteiger charge is -2.02. The van der Waals surface area contributed by atoms with E-state index in [9.17, 15) is 0 Å². The smallest absolute Gasteiger partial charge is 0.423 e. The topological polar surface area (TPSA) is 53.4 Å². The first-order chi connectivity index (χ1) is 5.65. The Morgan fingerprint density at radius 3 is 2.58 bits per heavy atom. The van der Waals surface area contributed by atoms with E-state index in [1.165, 1.54) is 11.8 Å². The molecule has 0 fully saturated rings. The molecule has 0 aliphatic heterocycles. The van der Waals surface area contributed by atoms with Crippen LogP contribution in [-0.4, -0.2) is 28.4 Å². The summed E-state index contributed by atoms with van der Waals surface area (Å²) in [6.07, 6.45) is 1.87. The second kappa shape index (κ2) is 4.14. The van der Waals surface area contributed by atoms with E-state index in [-0.39, 0.29) is 10.6 Å². The molecular weight excluding hydrogens is 196 g/mol. The first-order valence-electron chi connectivity index (χ1n) is 3.21. The van der Waals surface area contributed by atoms with Gasteiger partial charge in [-0.25, -0.2) is 4.98 Å². The molecular formula is C6H7BClNO2S. The van der Waals surface area contributed by atoms with Gasteiger partial charge < -0.3 is 10.0 Å². The first kappa shape index (κ1) is 9.86. The molecule has 0 aliphatic carbocycles. The maximum atomic E-state index is 8.79. The highest BCUT2D eigenvalue weighted by atomic mass is 35.5. The number of hydrogen-bond donors (Lipinski definition) is 2. The first-order valence-corrected chi connectivity index (χ1v) is 4.82. The van der Waals surface area contributed by atoms with E-state index in [1.807, 2.05) is 6.26 Å². The molecule has 1 aromatic rings. The number of aromatic nitrogens is 1. The van der Waals surface area contributed by atoms with Gasteiger partial charge in [-0.15, -0.1) is 11.8 Å². The van der Waals surface area contributed by atoms with Crippen molar-refractivity contribution in [1.29, 1.82) is 0 Å². The van der Waals surface area contributed by atoms with Gasteiger partial charge >= 0.3 is 7.12 Å². The Morgan fingerprint density at radius 2 is 2.17 bits per heavy atom. The predicted octanol–water partition coefficient (Wildman–Crippen LogP) is 0.137. The number of hydrogen-bond acceptors (Lipinski definition) is 4. The summed E-state index contributed by atoms with van der Waals surface area (Å²) in [5.74, 6) is 0. The SMILES string of the molecule is CSc1ccc(B(O)O)c(Cl)n1. The zero-order valence-corrected chi connectivity index (χ0v) is 7.93. The van der Waals surface area contributed by atoms with Gasteiger partial charge in [0.2, 0.25) is 0 Å². The lowest BCUT2D eigenvalue weighted by molar-refractivity contribution is 0.425. The summed E-state index contributed by atoms with van der Waals surface area (Å²) in [5.41, 5.74) is 0.231. The van der Waals surface area contributed by atoms with E-state index in [0.29, 0.717) is 0 Å². The van der Waals surface area contributed by atoms with E-state index in [0.717, 1.165) is 5.03 Å². The van der Waals surface area contributed by atoms with Crippen LogP contribution >= 0.6 is 23.4 Å². The van der Waals surface area contributed by atoms with Crippen molar-refractivity contribution >= 4 is 35.9 Å². The van der Waals surface area contributed by atoms with Gasteiger partial charge in [0.1, 0.15) is 5.15 Å². The molecule has 0 atom stereocenters. The third-order valence-corrected chi connectivity index (χ3v) is 2.29. The van der Waals surface area contributed by atoms with Crippen molar-refractivity contribution in [2.75, 3.05) is 6.26 Å². The van der Waals surface area contributed by atoms with E-state index in [1.54, 1.807) is 12.1 Å². The lowest BCUT2D eigenvalue weighted by Crippen LogP contribution is -2.31. The van der Waals surface area contributed by atoms with E-state index in [4.69, 9.17) is 21.6 Å². The van der Waals surface area contributed by atoms with Crippen LogP contribution in [0, 0.1) is 0 Å². The molecule has 6 heteroatoms. The monoisotopic (exact) mass is 203 g/mol. The van der Waals surface area contributed by atoms with Gasteiger partial charge in [0.25, 0.3) is 0 Å². The summed E-state index contributed by atoms with van der Waals surface area (Å²) < 4.78 is 0. The van der Waals surface area contributed by atoms with Crippen molar-refractivity contribution in [3.05, 3.63) is 17.3 Å². The summed E-state index contributed by atoms with van der Waals surface area (Å²) in [7, 11) is -1.55. The zero-order chi connectivity index (χ0) is 9.14. The average Bonchev–Trinajstić information content (AvgIpc) is 2.03. The summed E-state index contributed by atoms with van der Waals surface area (Å²) in [6.45, 7) is 0. The van der Waals surface area contributed by atoms with Crippen LogP contribution in [-0.2, 0) is 0 Å². The van der Waals surface area contributed by atoms with Gasteiger partial charge in [-0.05, 0) is 12.3 Å². The Morgan fingerprint density at radius 1 is 1.50 bits per heavy atom. The van der Waals surface area contributed by atoms with Crippen LogP contribution < -0.4 is 5.46 Å². The normalized spacial score (nSPS) is 10.0. The number of nitrogens with zero attached hydrogens (tertiary/aromatic N) is 1. The van der Waals surface area contributed by atoms with Crippen molar-refractivity contribution in [3.8, 4) is 0 Å². The Bertz CT molecular complexity index is 284. The summed E-state index contributed by atoms with van der Waals surface area (Å²) in [6, 6.07) is 3.23. The van der Waals surface area contributed by atoms with Crippen molar-refractivity contribution in [1.82, 2.24) is 4.98 Å². The van der Waals surface area contributed by atoms with Crippen molar-refractivity contribution in [2.24, 2.45) is 0 Å². The van der Waals surface area contributed by atoms with Crippen LogP contribution in [0.1, 0.15) is 0 Å². The molecule has 0 spiro atoms. The van der Waals surface area contributed by atoms with Crippen molar-refractivity contribution < 1.29 is 10.0 Å². The maximum absolute atomic E-state index is 8.79. The standard InChI is InChI=1S/C6H7BClNO2S/c1-12-5-3-2-4(7(10)11)6(8)9-5/h2-3,10-11H,1H3. The number of halogens is 1. The van der Waals surface area contributed by atoms with Crippen LogP contribution in [0.15, 0.2) is 17.2 Å². The quantitative estimate of drug-likeness (QED) is 0.408. The van der Waals surface area contributed by atoms with Gasteiger partial charge in [0.05, 0.1) is 5.03 Å². The highest BCUT2D eigenvalue weighted by Gasteiger charge is 2.15. The fraction of sp³-hybridized carbons (Fsp3) is 0.167. The zero-order valence-electron chi connectivity index (χ0n) is 6.36. The highest BCUT2D eigenvalue weighted by Crippen LogP contribution is 2.12. The average molecular weight is 203 g/mol. The second-order valence-electron chi connectivity index (χ2n) is 2.11. The third-order valence-electron chi connectivity index (χ3n) is 1.34. The van der Waals surface area contributed by atoms with E-state index < -0.39 is 7.12 Å². The highest BCUT2D eigenvalue weighted by molar-refractivity contribution is 7.98. The van der Waals surface area contributed by atoms with Crippen molar-refractivity contribution in [2.45, 2.75) is 5.03 Å². The fourth-order valence-corrected chi connectivity index (χ4v) is 1.42. The summed E-state index contributed by atoms with van der Waals surface area (Å²) >= 11 is 7.10. The van der Waals surface area contributed by atoms with E-state index >= 15 is 0 Å². The van der Waals surface area contributed by atoms with Gasteiger partial charge in [0, 0.05) is 5.46 Å². The van der Waals surface area contributed by atoms with Gasteiger partial charge in [-0.2, -0.15) is 0 Å². The number of pyridine rings is 1. The molecule has 0 bridgehead atoms. The number of thioether (sulfide) groups is 1. The molecule has 0 amide bonds. The van der Waals surface area contributed by atoms with Crippen molar-refractivity contribution in [3.63, 3.8) is 0 Å². The van der Waals surface area contributed by atoms with Gasteiger partial charge in [-0.1, -0.05) is 17.7 Å². The molecule has 0 aromatic carbocycles. The second-order valence-corrected chi connectivity index (χ2v) is 3.29. The van der Waals surface area contributed by atoms with E-state index in [2.05, 4.69) is 4.98 Å². The molecule has 0 saturated heterocycles. The minimum Gasteiger partial charge on any atom is -0.423 e. The molecule has 0 unspecified atom stereocenters. The third kappa shape index (κ3) is 2.14. The fourth-order valence-electron chi connectivity index (χ4n) is 0.735. The minimum atomic E-state index is -1.55. The van der Waals surface area contributed by atoms with Crippen LogP contribution in [0.4, 0.5) is 0 Å². The Kier molecular flexibility index (Phi) is 3.40. The molecule has 0 saturated carbocycles. The van der Waals surface area contributed by atoms with Crippen LogP contribution in [0.2, 0.25) is 5.15 Å². The largest absolute Gasteiger partial charge is 0.491 e. The molecule has 0 aliphatic rings. The van der Waals surface area contributed by atoms with Crippen LogP contribution in [0.3, 0.4) is 0 Å². The maximum Gasteiger partial charge on any atom is 0.491 e. The Balaban J connectivity index is 3.03. The Hall–Kier alpha value is -0.225. The van der Waals surface area contributed by atoms with Crippen LogP contribution in [0.5, 0.6) is 0 Å². The molecule has 1 aromatic heterocycles. The molecule has 12 heavy (non-hydrogen) atoms. The van der Waals surface area contributed by atoms with Gasteiger partial charge in [-0.3, -0.25) is 0 Å². The summed E-state index contributed by atoms with van der Waals surface area (Å²) in [5, 5.41) is 18.5. The van der Waals surface area contributed by atoms with Gasteiger partial charge in [0.15, 0.2) is 0 Å². The molecule has 1 heterocycles. The molecule has 1 rings (SSSR count). The minimum absolute atomic E-state index is 0.136. The number of rotatable bonds is 2. The molecule has 0 radical (unpaired) electrons. The summed E-state index contributed by atoms with van der Waals surface area (Å²) in [4.78, 5) is 3.92. The molecule has 64 valence electrons. The molecule has 2 N–H and O–H groups in total. The lowest BCUT2D eigenvalue weighted by atomic mass is 9.82. The van der Waals surface area contributed by atoms with Crippen LogP contribution in [0.25, 0.3) is 0 Å².